The third-order valence-electron chi connectivity index (χ3n) is 5.39. The first-order chi connectivity index (χ1) is 17.5. The smallest absolute Gasteiger partial charge is 0.326 e. The van der Waals surface area contributed by atoms with Gasteiger partial charge in [0.15, 0.2) is 0 Å². The molecule has 1 aromatic rings. The highest BCUT2D eigenvalue weighted by Gasteiger charge is 2.30. The Hall–Kier alpha value is -3.75. The molecule has 1 rings (SSSR count). The maximum absolute atomic E-state index is 12.8. The molecule has 14 nitrogen and oxygen atoms in total. The molecule has 0 aliphatic heterocycles. The number of hydrogen-bond donors (Lipinski definition) is 9. The van der Waals surface area contributed by atoms with Crippen LogP contribution in [0.15, 0.2) is 24.3 Å². The van der Waals surface area contributed by atoms with Crippen LogP contribution in [0.4, 0.5) is 0 Å². The van der Waals surface area contributed by atoms with E-state index in [9.17, 15) is 39.3 Å². The summed E-state index contributed by atoms with van der Waals surface area (Å²) in [5, 5.41) is 44.1. The van der Waals surface area contributed by atoms with E-state index in [1.54, 1.807) is 12.1 Å². The van der Waals surface area contributed by atoms with E-state index in [1.807, 2.05) is 0 Å². The molecule has 4 atom stereocenters. The van der Waals surface area contributed by atoms with Crippen molar-refractivity contribution in [3.8, 4) is 5.75 Å². The van der Waals surface area contributed by atoms with Crippen LogP contribution in [0.2, 0.25) is 0 Å². The molecule has 0 saturated carbocycles. The molecule has 0 radical (unpaired) electrons. The van der Waals surface area contributed by atoms with Gasteiger partial charge in [-0.05, 0) is 56.3 Å². The number of carboxylic acid groups (broad SMARTS) is 2. The Morgan fingerprint density at radius 2 is 1.38 bits per heavy atom. The Labute approximate surface area is 213 Å². The molecule has 1 aromatic carbocycles. The summed E-state index contributed by atoms with van der Waals surface area (Å²) in [6, 6.07) is 0.586. The topological polar surface area (TPSA) is 254 Å². The van der Waals surface area contributed by atoms with Gasteiger partial charge in [-0.3, -0.25) is 19.2 Å². The Balaban J connectivity index is 2.86. The van der Waals surface area contributed by atoms with Crippen LogP contribution in [0.1, 0.15) is 37.7 Å². The number of aromatic hydroxyl groups is 1. The van der Waals surface area contributed by atoms with Crippen molar-refractivity contribution in [3.63, 3.8) is 0 Å². The highest BCUT2D eigenvalue weighted by molar-refractivity contribution is 5.94. The maximum atomic E-state index is 12.8. The molecule has 14 heteroatoms. The third-order valence-corrected chi connectivity index (χ3v) is 5.39. The number of carboxylic acids is 2. The van der Waals surface area contributed by atoms with Gasteiger partial charge >= 0.3 is 11.9 Å². The van der Waals surface area contributed by atoms with Gasteiger partial charge < -0.3 is 47.8 Å². The quantitative estimate of drug-likeness (QED) is 0.0985. The number of carbonyl (C=O) groups excluding carboxylic acids is 3. The molecule has 0 heterocycles. The summed E-state index contributed by atoms with van der Waals surface area (Å²) < 4.78 is 0. The van der Waals surface area contributed by atoms with Crippen LogP contribution in [-0.4, -0.2) is 87.4 Å². The second-order valence-electron chi connectivity index (χ2n) is 8.40. The summed E-state index contributed by atoms with van der Waals surface area (Å²) in [6.07, 6.45) is 0.277. The summed E-state index contributed by atoms with van der Waals surface area (Å²) in [5.41, 5.74) is 11.9. The van der Waals surface area contributed by atoms with E-state index in [1.165, 1.54) is 12.1 Å². The Kier molecular flexibility index (Phi) is 13.6. The van der Waals surface area contributed by atoms with Gasteiger partial charge in [0.2, 0.25) is 17.7 Å². The first kappa shape index (κ1) is 31.3. The summed E-state index contributed by atoms with van der Waals surface area (Å²) in [6.45, 7) is -0.537. The van der Waals surface area contributed by atoms with E-state index in [2.05, 4.69) is 16.0 Å². The van der Waals surface area contributed by atoms with E-state index >= 15 is 0 Å². The van der Waals surface area contributed by atoms with Gasteiger partial charge in [-0.25, -0.2) is 4.79 Å². The van der Waals surface area contributed by atoms with Crippen LogP contribution in [0.5, 0.6) is 5.75 Å². The number of aliphatic hydroxyl groups excluding tert-OH is 1. The number of benzene rings is 1. The number of amides is 3. The lowest BCUT2D eigenvalue weighted by Crippen LogP contribution is -2.58. The first-order valence-electron chi connectivity index (χ1n) is 11.7. The molecule has 4 unspecified atom stereocenters. The van der Waals surface area contributed by atoms with E-state index in [4.69, 9.17) is 16.6 Å². The predicted octanol–water partition coefficient (Wildman–Crippen LogP) is -2.21. The van der Waals surface area contributed by atoms with Crippen LogP contribution >= 0.6 is 0 Å². The third kappa shape index (κ3) is 11.7. The molecule has 37 heavy (non-hydrogen) atoms. The van der Waals surface area contributed by atoms with Gasteiger partial charge in [-0.1, -0.05) is 12.1 Å². The van der Waals surface area contributed by atoms with Crippen LogP contribution in [0.3, 0.4) is 0 Å². The molecular formula is C23H35N5O9. The fourth-order valence-corrected chi connectivity index (χ4v) is 3.28. The van der Waals surface area contributed by atoms with Crippen molar-refractivity contribution in [2.75, 3.05) is 13.2 Å². The molecule has 0 spiro atoms. The second kappa shape index (κ2) is 16.1. The number of aliphatic carboxylic acids is 2. The van der Waals surface area contributed by atoms with Crippen molar-refractivity contribution in [2.45, 2.75) is 62.7 Å². The largest absolute Gasteiger partial charge is 0.508 e. The number of nitrogens with one attached hydrogen (secondary N) is 3. The molecule has 0 bridgehead atoms. The van der Waals surface area contributed by atoms with Gasteiger partial charge in [0.05, 0.1) is 12.6 Å². The van der Waals surface area contributed by atoms with Crippen LogP contribution in [0, 0.1) is 0 Å². The molecule has 206 valence electrons. The SMILES string of the molecule is NCCCCC(NC(=O)C(CO)NC(=O)C(CCC(=O)O)NC(=O)C(N)Cc1ccc(O)cc1)C(=O)O. The lowest BCUT2D eigenvalue weighted by Gasteiger charge is -2.24. The predicted molar refractivity (Wildman–Crippen MR) is 130 cm³/mol. The van der Waals surface area contributed by atoms with Crippen LogP contribution in [0.25, 0.3) is 0 Å². The molecule has 0 fully saturated rings. The van der Waals surface area contributed by atoms with E-state index in [0.29, 0.717) is 24.9 Å². The lowest BCUT2D eigenvalue weighted by molar-refractivity contribution is -0.142. The van der Waals surface area contributed by atoms with Gasteiger partial charge in [0.25, 0.3) is 0 Å². The van der Waals surface area contributed by atoms with Crippen molar-refractivity contribution in [1.82, 2.24) is 16.0 Å². The number of hydrogen-bond acceptors (Lipinski definition) is 9. The average Bonchev–Trinajstić information content (AvgIpc) is 2.85. The molecule has 0 saturated heterocycles. The number of phenols is 1. The Morgan fingerprint density at radius 1 is 0.811 bits per heavy atom. The normalized spacial score (nSPS) is 14.0. The first-order valence-corrected chi connectivity index (χ1v) is 11.7. The van der Waals surface area contributed by atoms with Gasteiger partial charge in [-0.15, -0.1) is 0 Å². The minimum atomic E-state index is -1.56. The van der Waals surface area contributed by atoms with Gasteiger partial charge in [0, 0.05) is 6.42 Å². The molecule has 0 aromatic heterocycles. The van der Waals surface area contributed by atoms with Gasteiger partial charge in [0.1, 0.15) is 23.9 Å². The number of phenolic OH excluding ortho intramolecular Hbond substituents is 1. The molecule has 0 aliphatic carbocycles. The van der Waals surface area contributed by atoms with E-state index < -0.39 is 66.9 Å². The number of unbranched alkanes of at least 4 members (excludes halogenated alkanes) is 1. The molecule has 0 aliphatic rings. The zero-order chi connectivity index (χ0) is 28.0. The second-order valence-corrected chi connectivity index (χ2v) is 8.40. The summed E-state index contributed by atoms with van der Waals surface area (Å²) in [5.74, 6) is -5.21. The minimum absolute atomic E-state index is 0.0277. The van der Waals surface area contributed by atoms with Gasteiger partial charge in [-0.2, -0.15) is 0 Å². The van der Waals surface area contributed by atoms with Crippen LogP contribution < -0.4 is 27.4 Å². The average molecular weight is 526 g/mol. The Morgan fingerprint density at radius 3 is 1.92 bits per heavy atom. The zero-order valence-electron chi connectivity index (χ0n) is 20.3. The lowest BCUT2D eigenvalue weighted by atomic mass is 10.0. The zero-order valence-corrected chi connectivity index (χ0v) is 20.3. The van der Waals surface area contributed by atoms with E-state index in [0.717, 1.165) is 0 Å². The van der Waals surface area contributed by atoms with Crippen molar-refractivity contribution in [2.24, 2.45) is 11.5 Å². The monoisotopic (exact) mass is 525 g/mol. The van der Waals surface area contributed by atoms with E-state index in [-0.39, 0.29) is 25.0 Å². The van der Waals surface area contributed by atoms with Crippen molar-refractivity contribution >= 4 is 29.7 Å². The number of aliphatic hydroxyl groups is 1. The summed E-state index contributed by atoms with van der Waals surface area (Å²) in [7, 11) is 0. The van der Waals surface area contributed by atoms with Crippen LogP contribution in [-0.2, 0) is 30.4 Å². The minimum Gasteiger partial charge on any atom is -0.508 e. The molecule has 3 amide bonds. The Bertz CT molecular complexity index is 926. The van der Waals surface area contributed by atoms with Crippen molar-refractivity contribution in [1.29, 1.82) is 0 Å². The van der Waals surface area contributed by atoms with Crippen molar-refractivity contribution in [3.05, 3.63) is 29.8 Å². The number of rotatable bonds is 17. The molecular weight excluding hydrogens is 490 g/mol. The number of nitrogens with two attached hydrogens (primary N) is 2. The highest BCUT2D eigenvalue weighted by Crippen LogP contribution is 2.11. The highest BCUT2D eigenvalue weighted by atomic mass is 16.4. The number of carbonyl (C=O) groups is 5. The fourth-order valence-electron chi connectivity index (χ4n) is 3.28. The molecule has 11 N–H and O–H groups in total. The maximum Gasteiger partial charge on any atom is 0.326 e. The standard InChI is InChI=1S/C23H35N5O9/c24-10-2-1-3-17(23(36)37)27-22(35)18(12-29)28-21(34)16(8-9-19(31)32)26-20(33)15(25)11-13-4-6-14(30)7-5-13/h4-7,15-18,29-30H,1-3,8-12,24-25H2,(H,26,33)(H,27,35)(H,28,34)(H,31,32)(H,36,37). The fraction of sp³-hybridized carbons (Fsp3) is 0.522. The summed E-state index contributed by atoms with van der Waals surface area (Å²) >= 11 is 0. The van der Waals surface area contributed by atoms with Crippen molar-refractivity contribution < 1.29 is 44.4 Å². The summed E-state index contributed by atoms with van der Waals surface area (Å²) in [4.78, 5) is 60.4.